The first-order chi connectivity index (χ1) is 8.65. The van der Waals surface area contributed by atoms with Crippen LogP contribution in [0.2, 0.25) is 0 Å². The van der Waals surface area contributed by atoms with E-state index in [2.05, 4.69) is 15.1 Å². The van der Waals surface area contributed by atoms with E-state index in [1.54, 1.807) is 16.8 Å². The van der Waals surface area contributed by atoms with Crippen LogP contribution in [0.25, 0.3) is 5.78 Å². The van der Waals surface area contributed by atoms with Crippen molar-refractivity contribution in [2.24, 2.45) is 0 Å². The highest BCUT2D eigenvalue weighted by Gasteiger charge is 2.11. The molecule has 0 aromatic carbocycles. The van der Waals surface area contributed by atoms with Gasteiger partial charge in [0.1, 0.15) is 11.6 Å². The van der Waals surface area contributed by atoms with E-state index < -0.39 is 0 Å². The number of imidazole rings is 1. The van der Waals surface area contributed by atoms with Gasteiger partial charge in [0.2, 0.25) is 5.78 Å². The van der Waals surface area contributed by atoms with Crippen LogP contribution in [0.15, 0.2) is 23.1 Å². The van der Waals surface area contributed by atoms with Crippen molar-refractivity contribution in [2.75, 3.05) is 5.73 Å². The van der Waals surface area contributed by atoms with Crippen LogP contribution in [-0.2, 0) is 6.42 Å². The molecule has 0 unspecified atom stereocenters. The van der Waals surface area contributed by atoms with Gasteiger partial charge in [-0.15, -0.1) is 0 Å². The van der Waals surface area contributed by atoms with Crippen molar-refractivity contribution >= 4 is 11.6 Å². The Balaban J connectivity index is 2.02. The molecule has 0 bridgehead atoms. The van der Waals surface area contributed by atoms with Gasteiger partial charge in [-0.2, -0.15) is 0 Å². The molecule has 6 nitrogen and oxygen atoms in total. The molecule has 0 aliphatic carbocycles. The minimum Gasteiger partial charge on any atom is -0.383 e. The monoisotopic (exact) mass is 243 g/mol. The number of hydrogen-bond acceptors (Lipinski definition) is 5. The van der Waals surface area contributed by atoms with Crippen LogP contribution in [0, 0.1) is 13.8 Å². The number of aryl methyl sites for hydroxylation is 2. The summed E-state index contributed by atoms with van der Waals surface area (Å²) in [6, 6.07) is 0. The summed E-state index contributed by atoms with van der Waals surface area (Å²) < 4.78 is 6.92. The molecule has 0 radical (unpaired) electrons. The van der Waals surface area contributed by atoms with E-state index in [4.69, 9.17) is 10.3 Å². The van der Waals surface area contributed by atoms with Crippen molar-refractivity contribution in [1.82, 2.24) is 19.5 Å². The molecule has 2 N–H and O–H groups in total. The van der Waals surface area contributed by atoms with E-state index in [1.165, 1.54) is 0 Å². The third-order valence-corrected chi connectivity index (χ3v) is 3.01. The molecule has 3 heterocycles. The number of aromatic nitrogens is 4. The van der Waals surface area contributed by atoms with E-state index in [0.29, 0.717) is 11.6 Å². The Labute approximate surface area is 103 Å². The smallest absolute Gasteiger partial charge is 0.235 e. The molecule has 3 rings (SSSR count). The molecule has 3 aromatic rings. The summed E-state index contributed by atoms with van der Waals surface area (Å²) in [7, 11) is 0. The quantitative estimate of drug-likeness (QED) is 0.737. The van der Waals surface area contributed by atoms with Crippen molar-refractivity contribution in [3.05, 3.63) is 41.2 Å². The topological polar surface area (TPSA) is 82.2 Å². The van der Waals surface area contributed by atoms with E-state index in [9.17, 15) is 0 Å². The summed E-state index contributed by atoms with van der Waals surface area (Å²) in [6.07, 6.45) is 6.06. The number of hydrogen-bond donors (Lipinski definition) is 1. The average Bonchev–Trinajstić information content (AvgIpc) is 2.88. The normalized spacial score (nSPS) is 11.2. The van der Waals surface area contributed by atoms with Crippen LogP contribution in [0.5, 0.6) is 0 Å². The Morgan fingerprint density at radius 1 is 1.28 bits per heavy atom. The Kier molecular flexibility index (Phi) is 2.29. The first kappa shape index (κ1) is 10.8. The Bertz CT molecular complexity index is 693. The molecule has 6 heteroatoms. The molecular formula is C12H13N5O. The SMILES string of the molecule is Cc1noc(C)c1Cc1cnc2ncc(N)n2c1. The van der Waals surface area contributed by atoms with Gasteiger partial charge in [0.25, 0.3) is 0 Å². The zero-order valence-electron chi connectivity index (χ0n) is 10.2. The van der Waals surface area contributed by atoms with Crippen LogP contribution in [0.4, 0.5) is 5.82 Å². The molecule has 18 heavy (non-hydrogen) atoms. The molecule has 92 valence electrons. The molecule has 0 saturated carbocycles. The molecular weight excluding hydrogens is 230 g/mol. The van der Waals surface area contributed by atoms with Crippen LogP contribution in [0.3, 0.4) is 0 Å². The summed E-state index contributed by atoms with van der Waals surface area (Å²) in [6.45, 7) is 3.84. The first-order valence-corrected chi connectivity index (χ1v) is 5.64. The summed E-state index contributed by atoms with van der Waals surface area (Å²) in [4.78, 5) is 8.35. The third-order valence-electron chi connectivity index (χ3n) is 3.01. The number of rotatable bonds is 2. The van der Waals surface area contributed by atoms with Crippen LogP contribution in [0.1, 0.15) is 22.6 Å². The highest BCUT2D eigenvalue weighted by atomic mass is 16.5. The number of nitrogens with zero attached hydrogens (tertiary/aromatic N) is 4. The third kappa shape index (κ3) is 1.62. The highest BCUT2D eigenvalue weighted by molar-refractivity contribution is 5.43. The summed E-state index contributed by atoms with van der Waals surface area (Å²) in [5.74, 6) is 2.03. The molecule has 0 aliphatic rings. The van der Waals surface area contributed by atoms with Crippen molar-refractivity contribution in [1.29, 1.82) is 0 Å². The Morgan fingerprint density at radius 2 is 2.06 bits per heavy atom. The van der Waals surface area contributed by atoms with Gasteiger partial charge in [-0.1, -0.05) is 5.16 Å². The van der Waals surface area contributed by atoms with Gasteiger partial charge in [-0.05, 0) is 19.4 Å². The molecule has 0 spiro atoms. The predicted molar refractivity (Wildman–Crippen MR) is 66.2 cm³/mol. The summed E-state index contributed by atoms with van der Waals surface area (Å²) in [5.41, 5.74) is 8.85. The van der Waals surface area contributed by atoms with Crippen LogP contribution < -0.4 is 5.73 Å². The number of anilines is 1. The molecule has 0 atom stereocenters. The maximum Gasteiger partial charge on any atom is 0.235 e. The van der Waals surface area contributed by atoms with Crippen molar-refractivity contribution in [3.63, 3.8) is 0 Å². The number of nitrogens with two attached hydrogens (primary N) is 1. The second kappa shape index (κ2) is 3.83. The first-order valence-electron chi connectivity index (χ1n) is 5.64. The summed E-state index contributed by atoms with van der Waals surface area (Å²) >= 11 is 0. The van der Waals surface area contributed by atoms with Crippen molar-refractivity contribution in [2.45, 2.75) is 20.3 Å². The van der Waals surface area contributed by atoms with E-state index in [0.717, 1.165) is 29.0 Å². The van der Waals surface area contributed by atoms with Gasteiger partial charge < -0.3 is 10.3 Å². The fourth-order valence-corrected chi connectivity index (χ4v) is 1.98. The maximum absolute atomic E-state index is 5.81. The van der Waals surface area contributed by atoms with Gasteiger partial charge in [0.15, 0.2) is 0 Å². The van der Waals surface area contributed by atoms with Crippen molar-refractivity contribution in [3.8, 4) is 0 Å². The lowest BCUT2D eigenvalue weighted by Gasteiger charge is -2.02. The minimum atomic E-state index is 0.582. The van der Waals surface area contributed by atoms with Crippen LogP contribution in [-0.4, -0.2) is 19.5 Å². The van der Waals surface area contributed by atoms with Gasteiger partial charge in [0.05, 0.1) is 11.9 Å². The Morgan fingerprint density at radius 3 is 2.78 bits per heavy atom. The lowest BCUT2D eigenvalue weighted by atomic mass is 10.1. The predicted octanol–water partition coefficient (Wildman–Crippen LogP) is 1.51. The van der Waals surface area contributed by atoms with E-state index in [1.807, 2.05) is 20.0 Å². The molecule has 0 fully saturated rings. The largest absolute Gasteiger partial charge is 0.383 e. The molecule has 0 saturated heterocycles. The highest BCUT2D eigenvalue weighted by Crippen LogP contribution is 2.17. The fraction of sp³-hybridized carbons (Fsp3) is 0.250. The van der Waals surface area contributed by atoms with Gasteiger partial charge in [0, 0.05) is 24.4 Å². The average molecular weight is 243 g/mol. The number of fused-ring (bicyclic) bond motifs is 1. The summed E-state index contributed by atoms with van der Waals surface area (Å²) in [5, 5.41) is 3.94. The zero-order chi connectivity index (χ0) is 12.7. The minimum absolute atomic E-state index is 0.582. The standard InChI is InChI=1S/C12H13N5O/c1-7-10(8(2)18-16-7)3-9-4-14-12-15-5-11(13)17(12)6-9/h4-6H,3,13H2,1-2H3. The second-order valence-electron chi connectivity index (χ2n) is 4.29. The fourth-order valence-electron chi connectivity index (χ4n) is 1.98. The maximum atomic E-state index is 5.81. The second-order valence-corrected chi connectivity index (χ2v) is 4.29. The molecule has 3 aromatic heterocycles. The molecule has 0 aliphatic heterocycles. The van der Waals surface area contributed by atoms with E-state index in [-0.39, 0.29) is 0 Å². The van der Waals surface area contributed by atoms with Gasteiger partial charge in [-0.3, -0.25) is 4.40 Å². The number of nitrogen functional groups attached to an aromatic ring is 1. The van der Waals surface area contributed by atoms with Crippen molar-refractivity contribution < 1.29 is 4.52 Å². The van der Waals surface area contributed by atoms with Gasteiger partial charge in [-0.25, -0.2) is 9.97 Å². The zero-order valence-corrected chi connectivity index (χ0v) is 10.2. The van der Waals surface area contributed by atoms with Gasteiger partial charge >= 0.3 is 0 Å². The van der Waals surface area contributed by atoms with Crippen LogP contribution >= 0.6 is 0 Å². The molecule has 0 amide bonds. The lowest BCUT2D eigenvalue weighted by Crippen LogP contribution is -1.99. The van der Waals surface area contributed by atoms with E-state index >= 15 is 0 Å². The Hall–Kier alpha value is -2.37. The lowest BCUT2D eigenvalue weighted by molar-refractivity contribution is 0.392.